The van der Waals surface area contributed by atoms with E-state index in [2.05, 4.69) is 0 Å². The van der Waals surface area contributed by atoms with Gasteiger partial charge in [-0.25, -0.2) is 0 Å². The van der Waals surface area contributed by atoms with E-state index < -0.39 is 74.6 Å². The Morgan fingerprint density at radius 3 is 1.93 bits per heavy atom. The lowest BCUT2D eigenvalue weighted by molar-refractivity contribution is -0.359. The van der Waals surface area contributed by atoms with Gasteiger partial charge >= 0.3 is 0 Å². The van der Waals surface area contributed by atoms with Crippen molar-refractivity contribution < 1.29 is 54.7 Å². The predicted octanol–water partition coefficient (Wildman–Crippen LogP) is -3.18. The molecule has 0 amide bonds. The molecule has 2 fully saturated rings. The summed E-state index contributed by atoms with van der Waals surface area (Å²) in [7, 11) is 0. The number of hydrogen-bond acceptors (Lipinski definition) is 11. The summed E-state index contributed by atoms with van der Waals surface area (Å²) in [6, 6.07) is 0. The van der Waals surface area contributed by atoms with Crippen LogP contribution < -0.4 is 0 Å². The molecule has 0 aromatic rings. The third-order valence-corrected chi connectivity index (χ3v) is 4.99. The molecule has 2 heterocycles. The summed E-state index contributed by atoms with van der Waals surface area (Å²) in [4.78, 5) is 0. The summed E-state index contributed by atoms with van der Waals surface area (Å²) in [6.45, 7) is 1.10. The van der Waals surface area contributed by atoms with Gasteiger partial charge in [0.25, 0.3) is 0 Å². The van der Waals surface area contributed by atoms with E-state index in [9.17, 15) is 35.7 Å². The summed E-state index contributed by atoms with van der Waals surface area (Å²) in [5.74, 6) is 0. The third kappa shape index (κ3) is 5.37. The molecule has 0 bridgehead atoms. The zero-order chi connectivity index (χ0) is 20.8. The van der Waals surface area contributed by atoms with E-state index >= 15 is 0 Å². The van der Waals surface area contributed by atoms with E-state index in [0.29, 0.717) is 6.61 Å². The lowest BCUT2D eigenvalue weighted by atomic mass is 9.97. The molecule has 0 aliphatic carbocycles. The van der Waals surface area contributed by atoms with Gasteiger partial charge in [0.15, 0.2) is 12.6 Å². The van der Waals surface area contributed by atoms with Crippen LogP contribution in [-0.2, 0) is 18.9 Å². The molecule has 0 aromatic carbocycles. The number of hydrogen-bond donors (Lipinski definition) is 7. The molecule has 11 heteroatoms. The van der Waals surface area contributed by atoms with Gasteiger partial charge in [-0.15, -0.1) is 0 Å². The predicted molar refractivity (Wildman–Crippen MR) is 91.9 cm³/mol. The molecule has 0 spiro atoms. The van der Waals surface area contributed by atoms with Crippen LogP contribution in [0.2, 0.25) is 0 Å². The molecule has 0 radical (unpaired) electrons. The molecule has 2 aliphatic heterocycles. The second kappa shape index (κ2) is 11.1. The van der Waals surface area contributed by atoms with Crippen LogP contribution in [0.15, 0.2) is 0 Å². The SMILES string of the molecule is CCCCCO[C@@H]1O[C@H](CO)[C@@H](O[C@H]2O[C@H](CO)[C@@H](O)[C@H](O)[C@H]2O)[C@H](O)[C@H]1O. The topological polar surface area (TPSA) is 179 Å². The summed E-state index contributed by atoms with van der Waals surface area (Å²) in [6.07, 6.45) is -11.6. The average Bonchev–Trinajstić information content (AvgIpc) is 2.70. The van der Waals surface area contributed by atoms with E-state index in [1.165, 1.54) is 0 Å². The van der Waals surface area contributed by atoms with Crippen molar-refractivity contribution >= 4 is 0 Å². The molecule has 11 nitrogen and oxygen atoms in total. The Hall–Kier alpha value is -0.440. The molecule has 0 aromatic heterocycles. The summed E-state index contributed by atoms with van der Waals surface area (Å²) in [5.41, 5.74) is 0. The van der Waals surface area contributed by atoms with Gasteiger partial charge in [-0.3, -0.25) is 0 Å². The first-order valence-electron chi connectivity index (χ1n) is 9.55. The van der Waals surface area contributed by atoms with Gasteiger partial charge < -0.3 is 54.7 Å². The number of unbranched alkanes of at least 4 members (excludes halogenated alkanes) is 2. The molecular formula is C17H32O11. The third-order valence-electron chi connectivity index (χ3n) is 4.99. The van der Waals surface area contributed by atoms with E-state index in [4.69, 9.17) is 18.9 Å². The average molecular weight is 412 g/mol. The van der Waals surface area contributed by atoms with Crippen LogP contribution in [0.3, 0.4) is 0 Å². The largest absolute Gasteiger partial charge is 0.394 e. The highest BCUT2D eigenvalue weighted by Gasteiger charge is 2.50. The van der Waals surface area contributed by atoms with Gasteiger partial charge in [0.1, 0.15) is 48.8 Å². The van der Waals surface area contributed by atoms with Gasteiger partial charge in [0.2, 0.25) is 0 Å². The van der Waals surface area contributed by atoms with Crippen molar-refractivity contribution in [2.45, 2.75) is 87.6 Å². The van der Waals surface area contributed by atoms with E-state index in [0.717, 1.165) is 19.3 Å². The summed E-state index contributed by atoms with van der Waals surface area (Å²) < 4.78 is 21.6. The highest BCUT2D eigenvalue weighted by Crippen LogP contribution is 2.29. The molecule has 10 atom stereocenters. The fraction of sp³-hybridized carbons (Fsp3) is 1.00. The molecule has 7 N–H and O–H groups in total. The molecule has 166 valence electrons. The Morgan fingerprint density at radius 2 is 1.32 bits per heavy atom. The first-order chi connectivity index (χ1) is 13.3. The summed E-state index contributed by atoms with van der Waals surface area (Å²) >= 11 is 0. The smallest absolute Gasteiger partial charge is 0.187 e. The highest BCUT2D eigenvalue weighted by molar-refractivity contribution is 4.94. The summed E-state index contributed by atoms with van der Waals surface area (Å²) in [5, 5.41) is 69.2. The van der Waals surface area contributed by atoms with E-state index in [1.807, 2.05) is 6.92 Å². The van der Waals surface area contributed by atoms with Crippen molar-refractivity contribution in [1.29, 1.82) is 0 Å². The minimum atomic E-state index is -1.69. The first kappa shape index (κ1) is 23.8. The molecule has 2 aliphatic rings. The van der Waals surface area contributed by atoms with Crippen molar-refractivity contribution in [3.05, 3.63) is 0 Å². The second-order valence-corrected chi connectivity index (χ2v) is 7.08. The second-order valence-electron chi connectivity index (χ2n) is 7.08. The van der Waals surface area contributed by atoms with Gasteiger partial charge in [-0.05, 0) is 6.42 Å². The zero-order valence-corrected chi connectivity index (χ0v) is 15.8. The van der Waals surface area contributed by atoms with Crippen LogP contribution >= 0.6 is 0 Å². The monoisotopic (exact) mass is 412 g/mol. The van der Waals surface area contributed by atoms with Crippen LogP contribution in [0.4, 0.5) is 0 Å². The molecule has 2 saturated heterocycles. The Morgan fingerprint density at radius 1 is 0.714 bits per heavy atom. The Bertz CT molecular complexity index is 449. The quantitative estimate of drug-likeness (QED) is 0.190. The van der Waals surface area contributed by atoms with Crippen molar-refractivity contribution in [3.63, 3.8) is 0 Å². The molecule has 2 rings (SSSR count). The number of aliphatic hydroxyl groups is 7. The van der Waals surface area contributed by atoms with Crippen molar-refractivity contribution in [3.8, 4) is 0 Å². The lowest BCUT2D eigenvalue weighted by Gasteiger charge is -2.45. The van der Waals surface area contributed by atoms with Crippen LogP contribution in [-0.4, -0.2) is 117 Å². The maximum Gasteiger partial charge on any atom is 0.187 e. The van der Waals surface area contributed by atoms with Crippen LogP contribution in [0.1, 0.15) is 26.2 Å². The maximum absolute atomic E-state index is 10.4. The highest BCUT2D eigenvalue weighted by atomic mass is 16.7. The van der Waals surface area contributed by atoms with Crippen molar-refractivity contribution in [1.82, 2.24) is 0 Å². The van der Waals surface area contributed by atoms with Crippen LogP contribution in [0.5, 0.6) is 0 Å². The molecule has 28 heavy (non-hydrogen) atoms. The number of ether oxygens (including phenoxy) is 4. The van der Waals surface area contributed by atoms with Gasteiger partial charge in [0.05, 0.1) is 13.2 Å². The fourth-order valence-corrected chi connectivity index (χ4v) is 3.24. The zero-order valence-electron chi connectivity index (χ0n) is 15.8. The fourth-order valence-electron chi connectivity index (χ4n) is 3.24. The van der Waals surface area contributed by atoms with Gasteiger partial charge in [0, 0.05) is 6.61 Å². The van der Waals surface area contributed by atoms with Crippen LogP contribution in [0.25, 0.3) is 0 Å². The van der Waals surface area contributed by atoms with E-state index in [1.54, 1.807) is 0 Å². The minimum absolute atomic E-state index is 0.304. The molecule has 0 saturated carbocycles. The van der Waals surface area contributed by atoms with Gasteiger partial charge in [-0.1, -0.05) is 19.8 Å². The standard InChI is InChI=1S/C17H32O11/c1-2-3-4-5-25-16-14(24)12(22)15(9(7-19)27-16)28-17-13(23)11(21)10(20)8(6-18)26-17/h8-24H,2-7H2,1H3/t8-,9-,10-,11+,12-,13-,14-,15-,16-,17-/m1/s1. The number of rotatable bonds is 9. The Labute approximate surface area is 163 Å². The molecule has 0 unspecified atom stereocenters. The molecular weight excluding hydrogens is 380 g/mol. The maximum atomic E-state index is 10.4. The van der Waals surface area contributed by atoms with Crippen molar-refractivity contribution in [2.24, 2.45) is 0 Å². The minimum Gasteiger partial charge on any atom is -0.394 e. The van der Waals surface area contributed by atoms with E-state index in [-0.39, 0.29) is 0 Å². The van der Waals surface area contributed by atoms with Gasteiger partial charge in [-0.2, -0.15) is 0 Å². The first-order valence-corrected chi connectivity index (χ1v) is 9.55. The normalized spacial score (nSPS) is 44.6. The Balaban J connectivity index is 2.02. The Kier molecular flexibility index (Phi) is 9.44. The van der Waals surface area contributed by atoms with Crippen LogP contribution in [0, 0.1) is 0 Å². The number of aliphatic hydroxyl groups excluding tert-OH is 7. The van der Waals surface area contributed by atoms with Crippen molar-refractivity contribution in [2.75, 3.05) is 19.8 Å². The lowest BCUT2D eigenvalue weighted by Crippen LogP contribution is -2.64.